The average molecular weight is 495 g/mol. The highest BCUT2D eigenvalue weighted by atomic mass is 19.4. The predicted octanol–water partition coefficient (Wildman–Crippen LogP) is 3.80. The van der Waals surface area contributed by atoms with Gasteiger partial charge in [0.25, 0.3) is 0 Å². The number of carbonyl (C=O) groups excluding carboxylic acids is 1. The van der Waals surface area contributed by atoms with E-state index in [0.29, 0.717) is 24.6 Å². The number of aromatic nitrogens is 2. The second kappa shape index (κ2) is 10.3. The van der Waals surface area contributed by atoms with E-state index in [0.717, 1.165) is 30.5 Å². The van der Waals surface area contributed by atoms with Crippen molar-refractivity contribution in [3.05, 3.63) is 41.2 Å². The quantitative estimate of drug-likeness (QED) is 0.515. The zero-order valence-corrected chi connectivity index (χ0v) is 19.5. The van der Waals surface area contributed by atoms with Crippen LogP contribution in [-0.4, -0.2) is 46.4 Å². The van der Waals surface area contributed by atoms with Gasteiger partial charge in [0.2, 0.25) is 5.91 Å². The predicted molar refractivity (Wildman–Crippen MR) is 121 cm³/mol. The molecular formula is C24H29F3N4O4. The van der Waals surface area contributed by atoms with Gasteiger partial charge in [0.15, 0.2) is 5.69 Å². The molecule has 1 amide bonds. The fraction of sp³-hybridized carbons (Fsp3) is 0.542. The van der Waals surface area contributed by atoms with Crippen LogP contribution in [0.1, 0.15) is 55.5 Å². The van der Waals surface area contributed by atoms with E-state index in [1.54, 1.807) is 23.1 Å². The molecule has 1 unspecified atom stereocenters. The topological polar surface area (TPSA) is 96.7 Å². The Hall–Kier alpha value is -3.08. The van der Waals surface area contributed by atoms with Crippen LogP contribution in [0.25, 0.3) is 0 Å². The second-order valence-electron chi connectivity index (χ2n) is 9.25. The van der Waals surface area contributed by atoms with Crippen molar-refractivity contribution in [3.63, 3.8) is 0 Å². The molecule has 190 valence electrons. The summed E-state index contributed by atoms with van der Waals surface area (Å²) in [5.41, 5.74) is 0.682. The first-order chi connectivity index (χ1) is 16.6. The number of carboxylic acid groups (broad SMARTS) is 1. The van der Waals surface area contributed by atoms with Crippen molar-refractivity contribution in [2.24, 2.45) is 5.92 Å². The maximum atomic E-state index is 13.6. The van der Waals surface area contributed by atoms with E-state index in [1.807, 2.05) is 0 Å². The van der Waals surface area contributed by atoms with Crippen molar-refractivity contribution >= 4 is 17.6 Å². The smallest absolute Gasteiger partial charge is 0.435 e. The van der Waals surface area contributed by atoms with Gasteiger partial charge in [-0.3, -0.25) is 14.3 Å². The third-order valence-electron chi connectivity index (χ3n) is 6.55. The van der Waals surface area contributed by atoms with Crippen LogP contribution in [0.3, 0.4) is 0 Å². The highest BCUT2D eigenvalue weighted by Gasteiger charge is 2.38. The van der Waals surface area contributed by atoms with E-state index in [4.69, 9.17) is 9.84 Å². The van der Waals surface area contributed by atoms with Gasteiger partial charge in [-0.15, -0.1) is 0 Å². The number of benzene rings is 1. The van der Waals surface area contributed by atoms with Crippen LogP contribution < -0.4 is 15.0 Å². The van der Waals surface area contributed by atoms with Gasteiger partial charge < -0.3 is 20.1 Å². The Morgan fingerprint density at radius 2 is 2.09 bits per heavy atom. The largest absolute Gasteiger partial charge is 0.489 e. The fourth-order valence-corrected chi connectivity index (χ4v) is 4.75. The molecule has 0 bridgehead atoms. The number of carbonyl (C=O) groups is 2. The number of hydrogen-bond acceptors (Lipinski definition) is 5. The highest BCUT2D eigenvalue weighted by molar-refractivity contribution is 5.96. The number of carboxylic acids is 1. The van der Waals surface area contributed by atoms with Gasteiger partial charge in [-0.05, 0) is 55.4 Å². The molecule has 11 heteroatoms. The van der Waals surface area contributed by atoms with Crippen LogP contribution in [0.4, 0.5) is 18.9 Å². The minimum atomic E-state index is -4.56. The molecular weight excluding hydrogens is 465 g/mol. The zero-order chi connectivity index (χ0) is 25.2. The third kappa shape index (κ3) is 5.95. The Kier molecular flexibility index (Phi) is 7.34. The van der Waals surface area contributed by atoms with Crippen LogP contribution in [0.2, 0.25) is 0 Å². The van der Waals surface area contributed by atoms with Gasteiger partial charge in [-0.2, -0.15) is 18.3 Å². The summed E-state index contributed by atoms with van der Waals surface area (Å²) in [5, 5.41) is 15.4. The molecule has 1 aliphatic heterocycles. The Bertz CT molecular complexity index is 1090. The van der Waals surface area contributed by atoms with E-state index in [9.17, 15) is 22.8 Å². The first kappa shape index (κ1) is 25.0. The molecule has 1 fully saturated rings. The number of anilines is 1. The Labute approximate surface area is 201 Å². The number of nitrogens with one attached hydrogen (secondary N) is 1. The van der Waals surface area contributed by atoms with Gasteiger partial charge in [0.1, 0.15) is 12.4 Å². The van der Waals surface area contributed by atoms with E-state index in [2.05, 4.69) is 17.3 Å². The van der Waals surface area contributed by atoms with Gasteiger partial charge >= 0.3 is 12.1 Å². The van der Waals surface area contributed by atoms with Crippen molar-refractivity contribution in [3.8, 4) is 5.75 Å². The maximum absolute atomic E-state index is 13.6. The number of amides is 1. The zero-order valence-electron chi connectivity index (χ0n) is 19.5. The molecule has 2 aliphatic rings. The lowest BCUT2D eigenvalue weighted by Crippen LogP contribution is -2.37. The highest BCUT2D eigenvalue weighted by Crippen LogP contribution is 2.37. The van der Waals surface area contributed by atoms with Crippen LogP contribution in [0.15, 0.2) is 24.4 Å². The molecule has 35 heavy (non-hydrogen) atoms. The van der Waals surface area contributed by atoms with Gasteiger partial charge in [-0.25, -0.2) is 0 Å². The molecule has 1 aromatic carbocycles. The lowest BCUT2D eigenvalue weighted by atomic mass is 10.1. The summed E-state index contributed by atoms with van der Waals surface area (Å²) in [6, 6.07) is 5.08. The number of aliphatic carboxylic acids is 1. The maximum Gasteiger partial charge on any atom is 0.435 e. The van der Waals surface area contributed by atoms with E-state index in [-0.39, 0.29) is 43.6 Å². The Morgan fingerprint density at radius 3 is 2.77 bits per heavy atom. The molecule has 2 aromatic rings. The fourth-order valence-electron chi connectivity index (χ4n) is 4.75. The first-order valence-electron chi connectivity index (χ1n) is 11.8. The Balaban J connectivity index is 1.40. The summed E-state index contributed by atoms with van der Waals surface area (Å²) >= 11 is 0. The van der Waals surface area contributed by atoms with Crippen molar-refractivity contribution < 1.29 is 32.6 Å². The second-order valence-corrected chi connectivity index (χ2v) is 9.25. The standard InChI is InChI=1S/C24H29F3N4O4/c1-15-2-3-18(10-15)31-13-17(23(29-31)24(25,26)27)14-35-19-4-5-20-16(11-19)7-9-30(20)21(32)12-28-8-6-22(33)34/h4-5,11,13,15,18,28H,2-3,6-10,12,14H2,1H3,(H,33,34)/t15-,18?/m0/s1. The molecule has 2 heterocycles. The number of halogens is 3. The number of nitrogens with zero attached hydrogens (tertiary/aromatic N) is 3. The summed E-state index contributed by atoms with van der Waals surface area (Å²) in [5.74, 6) is -0.220. The number of rotatable bonds is 9. The average Bonchev–Trinajstić information content (AvgIpc) is 3.52. The minimum Gasteiger partial charge on any atom is -0.489 e. The molecule has 0 radical (unpaired) electrons. The monoisotopic (exact) mass is 494 g/mol. The van der Waals surface area contributed by atoms with Gasteiger partial charge in [-0.1, -0.05) is 6.92 Å². The molecule has 1 saturated carbocycles. The molecule has 8 nitrogen and oxygen atoms in total. The van der Waals surface area contributed by atoms with Crippen molar-refractivity contribution in [2.45, 2.75) is 57.9 Å². The molecule has 2 atom stereocenters. The molecule has 4 rings (SSSR count). The minimum absolute atomic E-state index is 0.00166. The van der Waals surface area contributed by atoms with Crippen LogP contribution in [-0.2, 0) is 28.8 Å². The van der Waals surface area contributed by atoms with E-state index >= 15 is 0 Å². The molecule has 0 saturated heterocycles. The van der Waals surface area contributed by atoms with Crippen molar-refractivity contribution in [2.75, 3.05) is 24.5 Å². The summed E-state index contributed by atoms with van der Waals surface area (Å²) in [7, 11) is 0. The normalized spacial score (nSPS) is 19.7. The number of ether oxygens (including phenoxy) is 1. The molecule has 0 spiro atoms. The lowest BCUT2D eigenvalue weighted by Gasteiger charge is -2.18. The first-order valence-corrected chi connectivity index (χ1v) is 11.8. The van der Waals surface area contributed by atoms with Gasteiger partial charge in [0.05, 0.1) is 19.0 Å². The van der Waals surface area contributed by atoms with Crippen LogP contribution >= 0.6 is 0 Å². The SMILES string of the molecule is C[C@H]1CCC(n2cc(COc3ccc4c(c3)CCN4C(=O)CNCCC(=O)O)c(C(F)(F)F)n2)C1. The summed E-state index contributed by atoms with van der Waals surface area (Å²) in [4.78, 5) is 24.7. The van der Waals surface area contributed by atoms with Crippen molar-refractivity contribution in [1.29, 1.82) is 0 Å². The Morgan fingerprint density at radius 1 is 1.29 bits per heavy atom. The summed E-state index contributed by atoms with van der Waals surface area (Å²) in [6.45, 7) is 2.53. The van der Waals surface area contributed by atoms with Crippen molar-refractivity contribution in [1.82, 2.24) is 15.1 Å². The summed E-state index contributed by atoms with van der Waals surface area (Å²) < 4.78 is 48.0. The molecule has 1 aromatic heterocycles. The van der Waals surface area contributed by atoms with Crippen LogP contribution in [0.5, 0.6) is 5.75 Å². The summed E-state index contributed by atoms with van der Waals surface area (Å²) in [6.07, 6.45) is 0.0229. The third-order valence-corrected chi connectivity index (χ3v) is 6.55. The molecule has 2 N–H and O–H groups in total. The van der Waals surface area contributed by atoms with E-state index < -0.39 is 17.8 Å². The van der Waals surface area contributed by atoms with Crippen LogP contribution in [0, 0.1) is 5.92 Å². The number of fused-ring (bicyclic) bond motifs is 1. The molecule has 1 aliphatic carbocycles. The van der Waals surface area contributed by atoms with Gasteiger partial charge in [0, 0.05) is 30.5 Å². The van der Waals surface area contributed by atoms with E-state index in [1.165, 1.54) is 10.9 Å². The number of alkyl halides is 3. The lowest BCUT2D eigenvalue weighted by molar-refractivity contribution is -0.142. The number of hydrogen-bond donors (Lipinski definition) is 2.